The number of nitrogens with two attached hydrogens (primary N) is 1. The van der Waals surface area contributed by atoms with Crippen LogP contribution in [-0.4, -0.2) is 24.7 Å². The van der Waals surface area contributed by atoms with Crippen LogP contribution in [0, 0.1) is 23.7 Å². The van der Waals surface area contributed by atoms with Crippen molar-refractivity contribution in [1.82, 2.24) is 10.6 Å². The van der Waals surface area contributed by atoms with Gasteiger partial charge in [0.1, 0.15) is 0 Å². The summed E-state index contributed by atoms with van der Waals surface area (Å²) < 4.78 is 0. The summed E-state index contributed by atoms with van der Waals surface area (Å²) in [6, 6.07) is -0.0730. The highest BCUT2D eigenvalue weighted by Crippen LogP contribution is 2.57. The molecule has 0 radical (unpaired) electrons. The molecule has 0 aromatic carbocycles. The lowest BCUT2D eigenvalue weighted by Crippen LogP contribution is -2.67. The van der Waals surface area contributed by atoms with E-state index >= 15 is 0 Å². The van der Waals surface area contributed by atoms with Gasteiger partial charge in [0.2, 0.25) is 0 Å². The van der Waals surface area contributed by atoms with Gasteiger partial charge >= 0.3 is 6.03 Å². The van der Waals surface area contributed by atoms with E-state index < -0.39 is 0 Å². The molecule has 102 valence electrons. The summed E-state index contributed by atoms with van der Waals surface area (Å²) in [5.41, 5.74) is 6.55. The lowest BCUT2D eigenvalue weighted by atomic mass is 9.49. The molecule has 18 heavy (non-hydrogen) atoms. The predicted octanol–water partition coefficient (Wildman–Crippen LogP) is 1.46. The molecule has 0 unspecified atom stereocenters. The first-order chi connectivity index (χ1) is 8.61. The van der Waals surface area contributed by atoms with Crippen molar-refractivity contribution in [3.05, 3.63) is 0 Å². The van der Waals surface area contributed by atoms with Crippen molar-refractivity contribution in [2.45, 2.75) is 44.6 Å². The Bertz CT molecular complexity index is 314. The minimum Gasteiger partial charge on any atom is -0.338 e. The second-order valence-electron chi connectivity index (χ2n) is 6.63. The average Bonchev–Trinajstić information content (AvgIpc) is 2.33. The predicted molar refractivity (Wildman–Crippen MR) is 71.0 cm³/mol. The summed E-state index contributed by atoms with van der Waals surface area (Å²) in [4.78, 5) is 11.5. The maximum Gasteiger partial charge on any atom is 0.314 e. The minimum atomic E-state index is -0.140. The summed E-state index contributed by atoms with van der Waals surface area (Å²) in [6.07, 6.45) is 6.61. The Kier molecular flexibility index (Phi) is 3.00. The number of amides is 2. The molecule has 4 nitrogen and oxygen atoms in total. The summed E-state index contributed by atoms with van der Waals surface area (Å²) in [6.45, 7) is 3.24. The second-order valence-corrected chi connectivity index (χ2v) is 6.63. The van der Waals surface area contributed by atoms with E-state index in [1.54, 1.807) is 0 Å². The van der Waals surface area contributed by atoms with Crippen molar-refractivity contribution in [3.8, 4) is 0 Å². The van der Waals surface area contributed by atoms with Gasteiger partial charge in [-0.1, -0.05) is 0 Å². The summed E-state index contributed by atoms with van der Waals surface area (Å²) in [5, 5.41) is 5.76. The van der Waals surface area contributed by atoms with Crippen molar-refractivity contribution in [3.63, 3.8) is 0 Å². The molecule has 4 aliphatic rings. The third-order valence-electron chi connectivity index (χ3n) is 5.55. The molecular formula is C14H25N3O. The topological polar surface area (TPSA) is 67.2 Å². The Morgan fingerprint density at radius 3 is 2.17 bits per heavy atom. The molecule has 4 aliphatic carbocycles. The number of carbonyl (C=O) groups excluding carboxylic acids is 1. The molecule has 4 N–H and O–H groups in total. The molecule has 4 heteroatoms. The van der Waals surface area contributed by atoms with Crippen LogP contribution in [0.15, 0.2) is 0 Å². The van der Waals surface area contributed by atoms with Crippen molar-refractivity contribution in [2.75, 3.05) is 13.1 Å². The van der Waals surface area contributed by atoms with Crippen LogP contribution in [0.25, 0.3) is 0 Å². The Morgan fingerprint density at radius 2 is 1.67 bits per heavy atom. The zero-order chi connectivity index (χ0) is 12.8. The van der Waals surface area contributed by atoms with E-state index in [0.717, 1.165) is 11.8 Å². The number of rotatable bonds is 3. The number of hydrogen-bond donors (Lipinski definition) is 3. The van der Waals surface area contributed by atoms with Crippen LogP contribution in [0.5, 0.6) is 0 Å². The van der Waals surface area contributed by atoms with Crippen molar-refractivity contribution >= 4 is 6.03 Å². The van der Waals surface area contributed by atoms with Gasteiger partial charge < -0.3 is 16.4 Å². The van der Waals surface area contributed by atoms with E-state index in [-0.39, 0.29) is 11.6 Å². The molecule has 0 aliphatic heterocycles. The third kappa shape index (κ3) is 1.91. The normalized spacial score (nSPS) is 45.0. The number of urea groups is 1. The molecule has 0 aromatic heterocycles. The maximum atomic E-state index is 11.5. The molecule has 0 aromatic rings. The number of carbonyl (C=O) groups is 1. The molecule has 0 spiro atoms. The Labute approximate surface area is 109 Å². The van der Waals surface area contributed by atoms with E-state index in [1.165, 1.54) is 32.1 Å². The third-order valence-corrected chi connectivity index (χ3v) is 5.55. The molecule has 0 saturated heterocycles. The van der Waals surface area contributed by atoms with Gasteiger partial charge in [-0.25, -0.2) is 4.79 Å². The van der Waals surface area contributed by atoms with Crippen LogP contribution in [0.1, 0.15) is 39.0 Å². The van der Waals surface area contributed by atoms with Gasteiger partial charge in [0, 0.05) is 18.6 Å². The van der Waals surface area contributed by atoms with Crippen molar-refractivity contribution in [1.29, 1.82) is 0 Å². The fraction of sp³-hybridized carbons (Fsp3) is 0.929. The molecule has 4 saturated carbocycles. The maximum absolute atomic E-state index is 11.5. The Hall–Kier alpha value is -0.770. The Balaban J connectivity index is 1.65. The second kappa shape index (κ2) is 4.41. The van der Waals surface area contributed by atoms with Crippen molar-refractivity contribution in [2.24, 2.45) is 29.4 Å². The van der Waals surface area contributed by atoms with Gasteiger partial charge in [0.25, 0.3) is 0 Å². The molecule has 4 rings (SSSR count). The zero-order valence-corrected chi connectivity index (χ0v) is 11.2. The van der Waals surface area contributed by atoms with E-state index in [0.29, 0.717) is 24.9 Å². The highest BCUT2D eigenvalue weighted by atomic mass is 16.2. The van der Waals surface area contributed by atoms with E-state index in [1.807, 2.05) is 6.92 Å². The summed E-state index contributed by atoms with van der Waals surface area (Å²) in [7, 11) is 0. The largest absolute Gasteiger partial charge is 0.338 e. The average molecular weight is 251 g/mol. The van der Waals surface area contributed by atoms with Crippen LogP contribution in [0.3, 0.4) is 0 Å². The minimum absolute atomic E-state index is 0.0730. The van der Waals surface area contributed by atoms with Gasteiger partial charge in [-0.2, -0.15) is 0 Å². The van der Waals surface area contributed by atoms with Crippen LogP contribution in [0.2, 0.25) is 0 Å². The highest BCUT2D eigenvalue weighted by Gasteiger charge is 2.55. The zero-order valence-electron chi connectivity index (χ0n) is 11.2. The van der Waals surface area contributed by atoms with Gasteiger partial charge in [-0.15, -0.1) is 0 Å². The van der Waals surface area contributed by atoms with Crippen LogP contribution in [-0.2, 0) is 0 Å². The van der Waals surface area contributed by atoms with Gasteiger partial charge in [0.05, 0.1) is 0 Å². The molecule has 0 atom stereocenters. The van der Waals surface area contributed by atoms with Crippen LogP contribution >= 0.6 is 0 Å². The van der Waals surface area contributed by atoms with E-state index in [9.17, 15) is 4.79 Å². The first-order valence-electron chi connectivity index (χ1n) is 7.42. The standard InChI is InChI=1S/C14H25N3O/c1-2-16-13(18)17-8-14(15)11-4-9-3-10(6-11)7-12(14)5-9/h9-12H,2-8,15H2,1H3,(H2,16,17,18). The van der Waals surface area contributed by atoms with Crippen LogP contribution in [0.4, 0.5) is 4.79 Å². The molecular weight excluding hydrogens is 226 g/mol. The SMILES string of the molecule is CCNC(=O)NCC1(N)C2CC3CC(C2)CC1C3. The van der Waals surface area contributed by atoms with E-state index in [4.69, 9.17) is 5.73 Å². The van der Waals surface area contributed by atoms with Gasteiger partial charge in [-0.05, 0) is 62.7 Å². The van der Waals surface area contributed by atoms with Crippen molar-refractivity contribution < 1.29 is 4.79 Å². The quantitative estimate of drug-likeness (QED) is 0.711. The van der Waals surface area contributed by atoms with Gasteiger partial charge in [0.15, 0.2) is 0 Å². The highest BCUT2D eigenvalue weighted by molar-refractivity contribution is 5.73. The first-order valence-corrected chi connectivity index (χ1v) is 7.42. The smallest absolute Gasteiger partial charge is 0.314 e. The number of nitrogens with one attached hydrogen (secondary N) is 2. The van der Waals surface area contributed by atoms with E-state index in [2.05, 4.69) is 10.6 Å². The summed E-state index contributed by atoms with van der Waals surface area (Å²) >= 11 is 0. The lowest BCUT2D eigenvalue weighted by molar-refractivity contribution is -0.0529. The fourth-order valence-corrected chi connectivity index (χ4v) is 4.81. The van der Waals surface area contributed by atoms with Crippen LogP contribution < -0.4 is 16.4 Å². The Morgan fingerprint density at radius 1 is 1.11 bits per heavy atom. The monoisotopic (exact) mass is 251 g/mol. The lowest BCUT2D eigenvalue weighted by Gasteiger charge is -2.59. The molecule has 0 heterocycles. The molecule has 4 bridgehead atoms. The number of hydrogen-bond acceptors (Lipinski definition) is 2. The molecule has 4 fully saturated rings. The first kappa shape index (κ1) is 12.3. The van der Waals surface area contributed by atoms with Gasteiger partial charge in [-0.3, -0.25) is 0 Å². The molecule has 2 amide bonds. The summed E-state index contributed by atoms with van der Waals surface area (Å²) in [5.74, 6) is 3.12. The fourth-order valence-electron chi connectivity index (χ4n) is 4.81.